The number of benzene rings is 1. The Morgan fingerprint density at radius 2 is 1.88 bits per heavy atom. The Labute approximate surface area is 147 Å². The number of hydrogen-bond donors (Lipinski definition) is 3. The fourth-order valence-electron chi connectivity index (χ4n) is 2.17. The number of ether oxygens (including phenoxy) is 1. The van der Waals surface area contributed by atoms with Crippen molar-refractivity contribution in [3.63, 3.8) is 0 Å². The third-order valence-corrected chi connectivity index (χ3v) is 3.65. The van der Waals surface area contributed by atoms with Crippen molar-refractivity contribution in [2.45, 2.75) is 33.1 Å². The normalized spacial score (nSPS) is 10.4. The lowest BCUT2D eigenvalue weighted by Crippen LogP contribution is -2.37. The van der Waals surface area contributed by atoms with Crippen LogP contribution in [-0.4, -0.2) is 43.1 Å². The van der Waals surface area contributed by atoms with E-state index in [1.165, 1.54) is 19.2 Å². The van der Waals surface area contributed by atoms with Crippen LogP contribution in [0.5, 0.6) is 5.75 Å². The van der Waals surface area contributed by atoms with Crippen molar-refractivity contribution in [1.29, 1.82) is 0 Å². The van der Waals surface area contributed by atoms with Gasteiger partial charge < -0.3 is 20.5 Å². The van der Waals surface area contributed by atoms with E-state index in [1.807, 2.05) is 13.8 Å². The quantitative estimate of drug-likeness (QED) is 0.594. The Balaban J connectivity index is 2.38. The van der Waals surface area contributed by atoms with E-state index in [-0.39, 0.29) is 23.9 Å². The molecule has 7 nitrogen and oxygen atoms in total. The molecular weight excluding hydrogens is 324 g/mol. The summed E-state index contributed by atoms with van der Waals surface area (Å²) in [6.45, 7) is 4.39. The summed E-state index contributed by atoms with van der Waals surface area (Å²) < 4.78 is 5.19. The minimum absolute atomic E-state index is 0.0496. The maximum absolute atomic E-state index is 11.7. The number of amides is 2. The van der Waals surface area contributed by atoms with Gasteiger partial charge in [-0.1, -0.05) is 19.9 Å². The number of aromatic carboxylic acids is 1. The van der Waals surface area contributed by atoms with Gasteiger partial charge in [0.2, 0.25) is 11.8 Å². The van der Waals surface area contributed by atoms with Crippen molar-refractivity contribution in [2.75, 3.05) is 20.2 Å². The number of carboxylic acid groups (broad SMARTS) is 1. The first-order valence-electron chi connectivity index (χ1n) is 8.27. The largest absolute Gasteiger partial charge is 0.496 e. The predicted octanol–water partition coefficient (Wildman–Crippen LogP) is 1.60. The van der Waals surface area contributed by atoms with Gasteiger partial charge in [0.15, 0.2) is 0 Å². The number of carbonyl (C=O) groups excluding carboxylic acids is 2. The van der Waals surface area contributed by atoms with Crippen LogP contribution in [0.1, 0.15) is 42.6 Å². The van der Waals surface area contributed by atoms with Crippen LogP contribution in [-0.2, 0) is 16.0 Å². The Morgan fingerprint density at radius 1 is 1.16 bits per heavy atom. The van der Waals surface area contributed by atoms with Crippen LogP contribution in [0.4, 0.5) is 0 Å². The lowest BCUT2D eigenvalue weighted by molar-refractivity contribution is -0.126. The van der Waals surface area contributed by atoms with Crippen molar-refractivity contribution in [3.8, 4) is 5.75 Å². The highest BCUT2D eigenvalue weighted by atomic mass is 16.5. The fraction of sp³-hybridized carbons (Fsp3) is 0.500. The highest BCUT2D eigenvalue weighted by Gasteiger charge is 2.10. The minimum Gasteiger partial charge on any atom is -0.496 e. The van der Waals surface area contributed by atoms with E-state index in [2.05, 4.69) is 10.6 Å². The van der Waals surface area contributed by atoms with Crippen molar-refractivity contribution in [2.24, 2.45) is 5.92 Å². The molecule has 138 valence electrons. The standard InChI is InChI=1S/C18H26N2O5/c1-12(2)4-7-16(21)20-11-17(22)19-9-8-13-5-6-14(18(23)24)10-15(13)25-3/h5-6,10,12H,4,7-9,11H2,1-3H3,(H,19,22)(H,20,21)(H,23,24). The zero-order valence-electron chi connectivity index (χ0n) is 14.9. The molecule has 0 aliphatic rings. The number of nitrogens with one attached hydrogen (secondary N) is 2. The van der Waals surface area contributed by atoms with Crippen LogP contribution >= 0.6 is 0 Å². The molecule has 0 aliphatic heterocycles. The van der Waals surface area contributed by atoms with E-state index in [4.69, 9.17) is 9.84 Å². The summed E-state index contributed by atoms with van der Waals surface area (Å²) >= 11 is 0. The molecule has 1 aromatic carbocycles. The van der Waals surface area contributed by atoms with Crippen LogP contribution in [0.2, 0.25) is 0 Å². The third kappa shape index (κ3) is 7.69. The average molecular weight is 350 g/mol. The van der Waals surface area contributed by atoms with Gasteiger partial charge in [0, 0.05) is 13.0 Å². The molecule has 0 saturated carbocycles. The Kier molecular flexibility index (Phi) is 8.46. The molecule has 1 aromatic rings. The second-order valence-electron chi connectivity index (χ2n) is 6.14. The topological polar surface area (TPSA) is 105 Å². The van der Waals surface area contributed by atoms with Gasteiger partial charge in [-0.25, -0.2) is 4.79 Å². The van der Waals surface area contributed by atoms with Crippen LogP contribution in [0.15, 0.2) is 18.2 Å². The zero-order valence-corrected chi connectivity index (χ0v) is 14.9. The molecule has 3 N–H and O–H groups in total. The van der Waals surface area contributed by atoms with E-state index >= 15 is 0 Å². The van der Waals surface area contributed by atoms with Crippen LogP contribution < -0.4 is 15.4 Å². The molecule has 0 fully saturated rings. The Morgan fingerprint density at radius 3 is 2.48 bits per heavy atom. The van der Waals surface area contributed by atoms with E-state index in [9.17, 15) is 14.4 Å². The SMILES string of the molecule is COc1cc(C(=O)O)ccc1CCNC(=O)CNC(=O)CCC(C)C. The molecule has 2 amide bonds. The van der Waals surface area contributed by atoms with Crippen molar-refractivity contribution >= 4 is 17.8 Å². The number of carbonyl (C=O) groups is 3. The molecule has 0 radical (unpaired) electrons. The summed E-state index contributed by atoms with van der Waals surface area (Å²) in [5.74, 6) is -0.502. The zero-order chi connectivity index (χ0) is 18.8. The van der Waals surface area contributed by atoms with Gasteiger partial charge >= 0.3 is 5.97 Å². The second kappa shape index (κ2) is 10.3. The van der Waals surface area contributed by atoms with E-state index in [0.29, 0.717) is 31.1 Å². The lowest BCUT2D eigenvalue weighted by Gasteiger charge is -2.11. The van der Waals surface area contributed by atoms with Gasteiger partial charge in [0.25, 0.3) is 0 Å². The number of rotatable bonds is 10. The molecule has 0 aromatic heterocycles. The summed E-state index contributed by atoms with van der Waals surface area (Å²) in [6, 6.07) is 4.62. The first-order chi connectivity index (χ1) is 11.8. The maximum atomic E-state index is 11.7. The van der Waals surface area contributed by atoms with E-state index < -0.39 is 5.97 Å². The first-order valence-corrected chi connectivity index (χ1v) is 8.27. The fourth-order valence-corrected chi connectivity index (χ4v) is 2.17. The van der Waals surface area contributed by atoms with Crippen molar-refractivity contribution in [3.05, 3.63) is 29.3 Å². The van der Waals surface area contributed by atoms with Crippen LogP contribution in [0.25, 0.3) is 0 Å². The molecule has 1 rings (SSSR count). The Bertz CT molecular complexity index is 613. The molecule has 0 saturated heterocycles. The Hall–Kier alpha value is -2.57. The number of hydrogen-bond acceptors (Lipinski definition) is 4. The lowest BCUT2D eigenvalue weighted by atomic mass is 10.1. The number of carboxylic acids is 1. The molecule has 0 heterocycles. The summed E-state index contributed by atoms with van der Waals surface area (Å²) in [5.41, 5.74) is 0.947. The smallest absolute Gasteiger partial charge is 0.335 e. The van der Waals surface area contributed by atoms with Gasteiger partial charge in [-0.2, -0.15) is 0 Å². The van der Waals surface area contributed by atoms with Gasteiger partial charge in [-0.05, 0) is 36.5 Å². The average Bonchev–Trinajstić information content (AvgIpc) is 2.58. The molecule has 0 spiro atoms. The molecular formula is C18H26N2O5. The minimum atomic E-state index is -1.02. The summed E-state index contributed by atoms with van der Waals surface area (Å²) in [4.78, 5) is 34.2. The number of methoxy groups -OCH3 is 1. The monoisotopic (exact) mass is 350 g/mol. The van der Waals surface area contributed by atoms with Gasteiger partial charge in [-0.15, -0.1) is 0 Å². The molecule has 0 unspecified atom stereocenters. The molecule has 25 heavy (non-hydrogen) atoms. The summed E-state index contributed by atoms with van der Waals surface area (Å²) in [5, 5.41) is 14.3. The highest BCUT2D eigenvalue weighted by Crippen LogP contribution is 2.20. The molecule has 0 bridgehead atoms. The summed E-state index contributed by atoms with van der Waals surface area (Å²) in [6.07, 6.45) is 1.70. The first kappa shape index (κ1) is 20.5. The van der Waals surface area contributed by atoms with Crippen LogP contribution in [0.3, 0.4) is 0 Å². The third-order valence-electron chi connectivity index (χ3n) is 3.65. The van der Waals surface area contributed by atoms with Gasteiger partial charge in [0.05, 0.1) is 19.2 Å². The second-order valence-corrected chi connectivity index (χ2v) is 6.14. The van der Waals surface area contributed by atoms with Crippen LogP contribution in [0, 0.1) is 5.92 Å². The highest BCUT2D eigenvalue weighted by molar-refractivity contribution is 5.88. The van der Waals surface area contributed by atoms with Crippen molar-refractivity contribution in [1.82, 2.24) is 10.6 Å². The van der Waals surface area contributed by atoms with E-state index in [0.717, 1.165) is 12.0 Å². The summed E-state index contributed by atoms with van der Waals surface area (Å²) in [7, 11) is 1.47. The van der Waals surface area contributed by atoms with Gasteiger partial charge in [0.1, 0.15) is 5.75 Å². The maximum Gasteiger partial charge on any atom is 0.335 e. The molecule has 0 aliphatic carbocycles. The van der Waals surface area contributed by atoms with Crippen molar-refractivity contribution < 1.29 is 24.2 Å². The predicted molar refractivity (Wildman–Crippen MR) is 93.7 cm³/mol. The molecule has 0 atom stereocenters. The van der Waals surface area contributed by atoms with Gasteiger partial charge in [-0.3, -0.25) is 9.59 Å². The van der Waals surface area contributed by atoms with E-state index in [1.54, 1.807) is 6.07 Å². The molecule has 7 heteroatoms.